The molecule has 0 spiro atoms. The van der Waals surface area contributed by atoms with Crippen molar-refractivity contribution in [1.29, 1.82) is 0 Å². The van der Waals surface area contributed by atoms with Gasteiger partial charge in [-0.15, -0.1) is 0 Å². The van der Waals surface area contributed by atoms with Crippen molar-refractivity contribution in [1.82, 2.24) is 4.90 Å². The number of likely N-dealkylation sites (tertiary alicyclic amines) is 1. The standard InChI is InChI=1S/C15H30N2/c16-13-15(17-11-7-4-8-12-17)14-9-5-2-1-3-6-10-14/h14-15H,1-13,16H2. The summed E-state index contributed by atoms with van der Waals surface area (Å²) in [6.45, 7) is 3.49. The second-order valence-electron chi connectivity index (χ2n) is 6.00. The van der Waals surface area contributed by atoms with Gasteiger partial charge in [-0.3, -0.25) is 4.90 Å². The molecule has 1 aliphatic carbocycles. The van der Waals surface area contributed by atoms with Crippen molar-refractivity contribution in [3.05, 3.63) is 0 Å². The molecule has 0 bridgehead atoms. The number of hydrogen-bond acceptors (Lipinski definition) is 2. The number of hydrogen-bond donors (Lipinski definition) is 1. The summed E-state index contributed by atoms with van der Waals surface area (Å²) >= 11 is 0. The van der Waals surface area contributed by atoms with Gasteiger partial charge in [-0.2, -0.15) is 0 Å². The molecule has 17 heavy (non-hydrogen) atoms. The Bertz CT molecular complexity index is 191. The summed E-state index contributed by atoms with van der Waals surface area (Å²) in [7, 11) is 0. The molecule has 2 rings (SSSR count). The van der Waals surface area contributed by atoms with Crippen LogP contribution in [-0.2, 0) is 0 Å². The molecule has 0 amide bonds. The Hall–Kier alpha value is -0.0800. The molecule has 0 aromatic heterocycles. The molecule has 100 valence electrons. The summed E-state index contributed by atoms with van der Waals surface area (Å²) in [5.74, 6) is 0.887. The van der Waals surface area contributed by atoms with Crippen LogP contribution in [0, 0.1) is 5.92 Å². The molecule has 2 nitrogen and oxygen atoms in total. The van der Waals surface area contributed by atoms with Gasteiger partial charge in [0, 0.05) is 12.6 Å². The van der Waals surface area contributed by atoms with E-state index < -0.39 is 0 Å². The molecule has 2 N–H and O–H groups in total. The third-order valence-corrected chi connectivity index (χ3v) is 4.80. The molecule has 0 aromatic carbocycles. The van der Waals surface area contributed by atoms with E-state index in [1.807, 2.05) is 0 Å². The Morgan fingerprint density at radius 2 is 1.35 bits per heavy atom. The highest BCUT2D eigenvalue weighted by atomic mass is 15.2. The normalized spacial score (nSPS) is 27.4. The molecular weight excluding hydrogens is 208 g/mol. The van der Waals surface area contributed by atoms with Crippen LogP contribution in [0.3, 0.4) is 0 Å². The number of nitrogens with zero attached hydrogens (tertiary/aromatic N) is 1. The van der Waals surface area contributed by atoms with Crippen molar-refractivity contribution in [2.75, 3.05) is 19.6 Å². The van der Waals surface area contributed by atoms with Crippen molar-refractivity contribution in [3.8, 4) is 0 Å². The van der Waals surface area contributed by atoms with Gasteiger partial charge in [0.25, 0.3) is 0 Å². The Morgan fingerprint density at radius 1 is 0.824 bits per heavy atom. The molecule has 1 saturated carbocycles. The van der Waals surface area contributed by atoms with E-state index in [4.69, 9.17) is 5.73 Å². The maximum atomic E-state index is 6.08. The fourth-order valence-corrected chi connectivity index (χ4v) is 3.76. The number of piperidine rings is 1. The van der Waals surface area contributed by atoms with Crippen LogP contribution in [0.4, 0.5) is 0 Å². The van der Waals surface area contributed by atoms with Gasteiger partial charge >= 0.3 is 0 Å². The Kier molecular flexibility index (Phi) is 5.79. The van der Waals surface area contributed by atoms with Gasteiger partial charge in [0.1, 0.15) is 0 Å². The average molecular weight is 238 g/mol. The average Bonchev–Trinajstić information content (AvgIpc) is 2.34. The van der Waals surface area contributed by atoms with E-state index in [1.165, 1.54) is 77.3 Å². The Morgan fingerprint density at radius 3 is 1.94 bits per heavy atom. The second kappa shape index (κ2) is 7.38. The van der Waals surface area contributed by atoms with Gasteiger partial charge in [0.2, 0.25) is 0 Å². The van der Waals surface area contributed by atoms with Gasteiger partial charge in [-0.1, -0.05) is 38.5 Å². The quantitative estimate of drug-likeness (QED) is 0.818. The van der Waals surface area contributed by atoms with Crippen LogP contribution in [-0.4, -0.2) is 30.6 Å². The third kappa shape index (κ3) is 3.96. The third-order valence-electron chi connectivity index (χ3n) is 4.80. The van der Waals surface area contributed by atoms with Crippen molar-refractivity contribution in [2.45, 2.75) is 70.3 Å². The summed E-state index contributed by atoms with van der Waals surface area (Å²) in [5, 5.41) is 0. The van der Waals surface area contributed by atoms with E-state index in [0.717, 1.165) is 12.5 Å². The summed E-state index contributed by atoms with van der Waals surface area (Å²) in [4.78, 5) is 2.70. The molecule has 1 heterocycles. The molecule has 1 aliphatic heterocycles. The lowest BCUT2D eigenvalue weighted by Gasteiger charge is -2.39. The van der Waals surface area contributed by atoms with Crippen LogP contribution in [0.15, 0.2) is 0 Å². The molecule has 1 unspecified atom stereocenters. The largest absolute Gasteiger partial charge is 0.329 e. The van der Waals surface area contributed by atoms with E-state index in [1.54, 1.807) is 0 Å². The maximum absolute atomic E-state index is 6.08. The van der Waals surface area contributed by atoms with Crippen LogP contribution < -0.4 is 5.73 Å². The molecular formula is C15H30N2. The van der Waals surface area contributed by atoms with Crippen molar-refractivity contribution in [3.63, 3.8) is 0 Å². The first-order valence-electron chi connectivity index (χ1n) is 7.86. The molecule has 2 heteroatoms. The highest BCUT2D eigenvalue weighted by molar-refractivity contribution is 4.83. The first-order chi connectivity index (χ1) is 8.42. The van der Waals surface area contributed by atoms with Gasteiger partial charge in [0.05, 0.1) is 0 Å². The molecule has 1 atom stereocenters. The van der Waals surface area contributed by atoms with Crippen molar-refractivity contribution < 1.29 is 0 Å². The lowest BCUT2D eigenvalue weighted by molar-refractivity contribution is 0.107. The fourth-order valence-electron chi connectivity index (χ4n) is 3.76. The summed E-state index contributed by atoms with van der Waals surface area (Å²) < 4.78 is 0. The minimum atomic E-state index is 0.688. The summed E-state index contributed by atoms with van der Waals surface area (Å²) in [6.07, 6.45) is 14.3. The SMILES string of the molecule is NCC(C1CCCCCCC1)N1CCCCC1. The molecule has 0 radical (unpaired) electrons. The van der Waals surface area contributed by atoms with Crippen molar-refractivity contribution in [2.24, 2.45) is 11.7 Å². The van der Waals surface area contributed by atoms with E-state index in [-0.39, 0.29) is 0 Å². The minimum absolute atomic E-state index is 0.688. The van der Waals surface area contributed by atoms with Gasteiger partial charge < -0.3 is 5.73 Å². The first kappa shape index (κ1) is 13.4. The van der Waals surface area contributed by atoms with E-state index >= 15 is 0 Å². The fraction of sp³-hybridized carbons (Fsp3) is 1.00. The van der Waals surface area contributed by atoms with Gasteiger partial charge in [0.15, 0.2) is 0 Å². The van der Waals surface area contributed by atoms with E-state index in [9.17, 15) is 0 Å². The highest BCUT2D eigenvalue weighted by Crippen LogP contribution is 2.28. The van der Waals surface area contributed by atoms with Gasteiger partial charge in [-0.05, 0) is 44.7 Å². The van der Waals surface area contributed by atoms with Crippen LogP contribution in [0.2, 0.25) is 0 Å². The second-order valence-corrected chi connectivity index (χ2v) is 6.00. The molecule has 2 aliphatic rings. The zero-order valence-electron chi connectivity index (χ0n) is 11.4. The number of nitrogens with two attached hydrogens (primary N) is 1. The smallest absolute Gasteiger partial charge is 0.0246 e. The summed E-state index contributed by atoms with van der Waals surface area (Å²) in [6, 6.07) is 0.688. The minimum Gasteiger partial charge on any atom is -0.329 e. The van der Waals surface area contributed by atoms with Gasteiger partial charge in [-0.25, -0.2) is 0 Å². The highest BCUT2D eigenvalue weighted by Gasteiger charge is 2.27. The van der Waals surface area contributed by atoms with Crippen LogP contribution in [0.5, 0.6) is 0 Å². The topological polar surface area (TPSA) is 29.3 Å². The van der Waals surface area contributed by atoms with Crippen LogP contribution in [0.1, 0.15) is 64.2 Å². The zero-order valence-corrected chi connectivity index (χ0v) is 11.4. The number of rotatable bonds is 3. The predicted octanol–water partition coefficient (Wildman–Crippen LogP) is 3.16. The maximum Gasteiger partial charge on any atom is 0.0246 e. The molecule has 0 aromatic rings. The summed E-state index contributed by atoms with van der Waals surface area (Å²) in [5.41, 5.74) is 6.08. The zero-order chi connectivity index (χ0) is 11.9. The molecule has 1 saturated heterocycles. The molecule has 2 fully saturated rings. The van der Waals surface area contributed by atoms with E-state index in [2.05, 4.69) is 4.90 Å². The lowest BCUT2D eigenvalue weighted by Crippen LogP contribution is -2.48. The van der Waals surface area contributed by atoms with E-state index in [0.29, 0.717) is 6.04 Å². The van der Waals surface area contributed by atoms with Crippen LogP contribution >= 0.6 is 0 Å². The lowest BCUT2D eigenvalue weighted by atomic mass is 9.84. The first-order valence-corrected chi connectivity index (χ1v) is 7.86. The van der Waals surface area contributed by atoms with Crippen molar-refractivity contribution >= 4 is 0 Å². The Balaban J connectivity index is 1.89. The predicted molar refractivity (Wildman–Crippen MR) is 74.1 cm³/mol. The van der Waals surface area contributed by atoms with Crippen LogP contribution in [0.25, 0.3) is 0 Å². The Labute approximate surface area is 107 Å². The monoisotopic (exact) mass is 238 g/mol.